The summed E-state index contributed by atoms with van der Waals surface area (Å²) in [5.41, 5.74) is 6.90. The van der Waals surface area contributed by atoms with Crippen LogP contribution in [0.2, 0.25) is 0 Å². The first-order chi connectivity index (χ1) is 25.5. The smallest absolute Gasteiger partial charge is 0.407 e. The summed E-state index contributed by atoms with van der Waals surface area (Å²) in [6.07, 6.45) is 0. The van der Waals surface area contributed by atoms with E-state index < -0.39 is 6.97 Å². The molecule has 0 amide bonds. The molecule has 6 aromatic carbocycles. The zero-order valence-electron chi connectivity index (χ0n) is 27.4. The molecule has 0 aliphatic carbocycles. The van der Waals surface area contributed by atoms with Gasteiger partial charge in [-0.1, -0.05) is 77.4 Å². The Morgan fingerprint density at radius 2 is 0.808 bits per heavy atom. The van der Waals surface area contributed by atoms with Gasteiger partial charge in [-0.3, -0.25) is 0 Å². The largest absolute Gasteiger partial charge is 0.674 e. The first-order valence-electron chi connectivity index (χ1n) is 17.1. The molecule has 5 heterocycles. The number of aromatic nitrogens is 2. The maximum atomic E-state index is 17.3. The highest BCUT2D eigenvalue weighted by Crippen LogP contribution is 2.53. The summed E-state index contributed by atoms with van der Waals surface area (Å²) in [6.45, 7) is -4.33. The lowest BCUT2D eigenvalue weighted by molar-refractivity contribution is -0.680. The van der Waals surface area contributed by atoms with Gasteiger partial charge in [-0.05, 0) is 97.1 Å². The third-order valence-electron chi connectivity index (χ3n) is 10.1. The minimum atomic E-state index is -4.33. The number of hydrogen-bond acceptors (Lipinski definition) is 4. The number of anilines is 6. The molecular weight excluding hydrogens is 687 g/mol. The molecule has 0 N–H and O–H groups in total. The molecule has 3 aliphatic rings. The van der Waals surface area contributed by atoms with Crippen LogP contribution >= 0.6 is 23.5 Å². The van der Waals surface area contributed by atoms with Crippen molar-refractivity contribution in [2.45, 2.75) is 19.6 Å². The summed E-state index contributed by atoms with van der Waals surface area (Å²) in [7, 11) is 0. The highest BCUT2D eigenvalue weighted by atomic mass is 32.2. The monoisotopic (exact) mass is 713 g/mol. The Morgan fingerprint density at radius 3 is 1.19 bits per heavy atom. The van der Waals surface area contributed by atoms with Crippen LogP contribution in [-0.4, -0.2) is 6.97 Å². The Bertz CT molecular complexity index is 2530. The van der Waals surface area contributed by atoms with Crippen molar-refractivity contribution in [3.05, 3.63) is 163 Å². The van der Waals surface area contributed by atoms with Gasteiger partial charge < -0.3 is 27.4 Å². The van der Waals surface area contributed by atoms with Crippen molar-refractivity contribution in [2.24, 2.45) is 0 Å². The third kappa shape index (κ3) is 4.31. The molecule has 0 fully saturated rings. The Balaban J connectivity index is 1.04. The van der Waals surface area contributed by atoms with Crippen molar-refractivity contribution in [1.29, 1.82) is 0 Å². The summed E-state index contributed by atoms with van der Waals surface area (Å²) in [6, 6.07) is 51.9. The van der Waals surface area contributed by atoms with Gasteiger partial charge in [0.25, 0.3) is 0 Å². The molecule has 3 aliphatic heterocycles. The van der Waals surface area contributed by atoms with Crippen LogP contribution < -0.4 is 18.8 Å². The molecule has 0 spiro atoms. The highest BCUT2D eigenvalue weighted by molar-refractivity contribution is 8.00. The fourth-order valence-corrected chi connectivity index (χ4v) is 9.95. The molecule has 52 heavy (non-hydrogen) atoms. The molecule has 0 unspecified atom stereocenters. The van der Waals surface area contributed by atoms with Crippen molar-refractivity contribution >= 4 is 98.1 Å². The summed E-state index contributed by atoms with van der Waals surface area (Å²) >= 11 is 3.48. The topological polar surface area (TPSA) is 28.3 Å². The zero-order valence-corrected chi connectivity index (χ0v) is 29.0. The average molecular weight is 714 g/mol. The van der Waals surface area contributed by atoms with Crippen LogP contribution in [0.15, 0.2) is 177 Å². The molecular formula is C42H26BF2N5S2. The number of fused-ring (bicyclic) bond motifs is 10. The fourth-order valence-electron chi connectivity index (χ4n) is 7.84. The summed E-state index contributed by atoms with van der Waals surface area (Å²) in [4.78, 5) is 9.00. The summed E-state index contributed by atoms with van der Waals surface area (Å²) in [5.74, 6) is 0.454. The van der Waals surface area contributed by atoms with Gasteiger partial charge in [-0.15, -0.1) is 0 Å². The molecule has 0 saturated carbocycles. The van der Waals surface area contributed by atoms with Gasteiger partial charge in [0.1, 0.15) is 0 Å². The van der Waals surface area contributed by atoms with Crippen LogP contribution in [0, 0.1) is 0 Å². The predicted octanol–water partition coefficient (Wildman–Crippen LogP) is 11.9. The number of benzene rings is 6. The Morgan fingerprint density at radius 1 is 0.442 bits per heavy atom. The van der Waals surface area contributed by atoms with Crippen molar-refractivity contribution in [2.75, 3.05) is 9.80 Å². The van der Waals surface area contributed by atoms with Crippen molar-refractivity contribution in [1.82, 2.24) is 0 Å². The minimum absolute atomic E-state index is 0.227. The van der Waals surface area contributed by atoms with Crippen LogP contribution in [-0.2, 0) is 0 Å². The van der Waals surface area contributed by atoms with Gasteiger partial charge >= 0.3 is 6.97 Å². The molecule has 11 rings (SSSR count). The van der Waals surface area contributed by atoms with E-state index in [0.29, 0.717) is 21.8 Å². The highest BCUT2D eigenvalue weighted by Gasteiger charge is 2.48. The SMILES string of the molecule is F[B-]1(F)[n+]2c(ccc3cc(N4c5ccccc5Sc5ccccc54)ccc32)[N-]c2ccc3cc(N4c5ccccc5Sc5ccccc54)ccc3[n+]21. The lowest BCUT2D eigenvalue weighted by Gasteiger charge is -2.35. The van der Waals surface area contributed by atoms with Crippen molar-refractivity contribution in [3.63, 3.8) is 0 Å². The molecule has 248 valence electrons. The van der Waals surface area contributed by atoms with Crippen molar-refractivity contribution in [3.8, 4) is 0 Å². The van der Waals surface area contributed by atoms with Crippen molar-refractivity contribution < 1.29 is 17.6 Å². The minimum Gasteiger partial charge on any atom is -0.407 e. The molecule has 10 heteroatoms. The average Bonchev–Trinajstić information content (AvgIpc) is 3.18. The number of pyridine rings is 2. The molecule has 8 aromatic rings. The number of halogens is 2. The van der Waals surface area contributed by atoms with E-state index in [9.17, 15) is 0 Å². The van der Waals surface area contributed by atoms with Gasteiger partial charge in [-0.2, -0.15) is 0 Å². The molecule has 0 saturated heterocycles. The van der Waals surface area contributed by atoms with Gasteiger partial charge in [0, 0.05) is 53.9 Å². The first-order valence-corrected chi connectivity index (χ1v) is 18.7. The Hall–Kier alpha value is -5.84. The van der Waals surface area contributed by atoms with E-state index in [2.05, 4.69) is 58.3 Å². The second-order valence-electron chi connectivity index (χ2n) is 13.1. The van der Waals surface area contributed by atoms with E-state index in [-0.39, 0.29) is 11.6 Å². The van der Waals surface area contributed by atoms with E-state index in [1.807, 2.05) is 97.1 Å². The van der Waals surface area contributed by atoms with Crippen LogP contribution in [0.1, 0.15) is 0 Å². The van der Waals surface area contributed by atoms with Gasteiger partial charge in [-0.25, -0.2) is 0 Å². The second kappa shape index (κ2) is 11.1. The molecule has 5 nitrogen and oxygen atoms in total. The van der Waals surface area contributed by atoms with E-state index in [0.717, 1.165) is 62.7 Å². The van der Waals surface area contributed by atoms with Gasteiger partial charge in [0.05, 0.1) is 33.8 Å². The zero-order chi connectivity index (χ0) is 34.6. The van der Waals surface area contributed by atoms with E-state index >= 15 is 8.63 Å². The van der Waals surface area contributed by atoms with Gasteiger partial charge in [0.15, 0.2) is 0 Å². The van der Waals surface area contributed by atoms with E-state index in [1.165, 1.54) is 0 Å². The Kier molecular flexibility index (Phi) is 6.36. The standard InChI is InChI=1S/C42H26BF2N5S2/c44-43(45)49-31-21-19-29(47-33-9-1-5-13-37(33)51-38-14-6-2-10-34(38)47)25-27(31)17-23-41(49)46-42-24-18-28-26-30(20-22-32(28)50(42)43)48-35-11-3-7-15-39(35)52-40-16-8-4-12-36(40)48/h1-26H. The lowest BCUT2D eigenvalue weighted by Crippen LogP contribution is -2.79. The van der Waals surface area contributed by atoms with Crippen LogP contribution in [0.5, 0.6) is 0 Å². The molecule has 0 radical (unpaired) electrons. The van der Waals surface area contributed by atoms with Crippen LogP contribution in [0.25, 0.3) is 27.1 Å². The normalized spacial score (nSPS) is 14.8. The fraction of sp³-hybridized carbons (Fsp3) is 0. The predicted molar refractivity (Wildman–Crippen MR) is 207 cm³/mol. The molecule has 0 atom stereocenters. The number of nitrogens with zero attached hydrogens (tertiary/aromatic N) is 5. The Labute approximate surface area is 306 Å². The summed E-state index contributed by atoms with van der Waals surface area (Å²) < 4.78 is 36.8. The third-order valence-corrected chi connectivity index (χ3v) is 12.4. The van der Waals surface area contributed by atoms with Crippen LogP contribution in [0.3, 0.4) is 0 Å². The van der Waals surface area contributed by atoms with E-state index in [1.54, 1.807) is 35.7 Å². The number of hydrogen-bond donors (Lipinski definition) is 0. The van der Waals surface area contributed by atoms with Gasteiger partial charge in [0.2, 0.25) is 11.6 Å². The maximum Gasteiger partial charge on any atom is 0.674 e. The molecule has 2 aromatic heterocycles. The summed E-state index contributed by atoms with van der Waals surface area (Å²) in [5, 5.41) is 6.20. The second-order valence-corrected chi connectivity index (χ2v) is 15.2. The maximum absolute atomic E-state index is 17.3. The van der Waals surface area contributed by atoms with E-state index in [4.69, 9.17) is 5.32 Å². The number of rotatable bonds is 2. The quantitative estimate of drug-likeness (QED) is 0.167. The first kappa shape index (κ1) is 29.9. The number of para-hydroxylation sites is 4. The molecule has 0 bridgehead atoms. The van der Waals surface area contributed by atoms with Crippen LogP contribution in [0.4, 0.5) is 54.4 Å². The lowest BCUT2D eigenvalue weighted by atomic mass is 9.90.